The van der Waals surface area contributed by atoms with Crippen molar-refractivity contribution in [1.82, 2.24) is 10.2 Å². The van der Waals surface area contributed by atoms with E-state index in [1.165, 1.54) is 7.11 Å². The molecule has 0 saturated carbocycles. The number of hydrogen-bond donors (Lipinski definition) is 2. The largest absolute Gasteiger partial charge is 0.495 e. The van der Waals surface area contributed by atoms with Crippen molar-refractivity contribution in [2.24, 2.45) is 0 Å². The molecule has 2 aromatic rings. The third kappa shape index (κ3) is 4.82. The van der Waals surface area contributed by atoms with Gasteiger partial charge in [-0.15, -0.1) is 10.2 Å². The first-order valence-corrected chi connectivity index (χ1v) is 9.61. The third-order valence-electron chi connectivity index (χ3n) is 3.81. The van der Waals surface area contributed by atoms with Crippen molar-refractivity contribution >= 4 is 21.7 Å². The molecule has 0 aliphatic heterocycles. The molecule has 8 heteroatoms. The summed E-state index contributed by atoms with van der Waals surface area (Å²) in [5.74, 6) is 1.06. The minimum atomic E-state index is -3.83. The summed E-state index contributed by atoms with van der Waals surface area (Å²) in [6.07, 6.45) is 2.11. The highest BCUT2D eigenvalue weighted by Crippen LogP contribution is 2.28. The molecular weight excluding hydrogens is 340 g/mol. The summed E-state index contributed by atoms with van der Waals surface area (Å²) in [5.41, 5.74) is 1.82. The number of nitrogens with one attached hydrogen (secondary N) is 2. The number of hydrogen-bond acceptors (Lipinski definition) is 6. The topological polar surface area (TPSA) is 93.2 Å². The molecule has 0 amide bonds. The van der Waals surface area contributed by atoms with E-state index in [0.717, 1.165) is 30.5 Å². The Kier molecular flexibility index (Phi) is 6.19. The zero-order valence-electron chi connectivity index (χ0n) is 15.0. The predicted octanol–water partition coefficient (Wildman–Crippen LogP) is 3.11. The van der Waals surface area contributed by atoms with Gasteiger partial charge in [-0.05, 0) is 55.7 Å². The molecule has 0 saturated heterocycles. The fraction of sp³-hybridized carbons (Fsp3) is 0.412. The van der Waals surface area contributed by atoms with Gasteiger partial charge in [-0.2, -0.15) is 0 Å². The van der Waals surface area contributed by atoms with Gasteiger partial charge in [0.1, 0.15) is 16.5 Å². The summed E-state index contributed by atoms with van der Waals surface area (Å²) >= 11 is 0. The second-order valence-electron chi connectivity index (χ2n) is 5.78. The van der Waals surface area contributed by atoms with Gasteiger partial charge in [0, 0.05) is 6.54 Å². The van der Waals surface area contributed by atoms with Crippen LogP contribution in [0.3, 0.4) is 0 Å². The zero-order chi connectivity index (χ0) is 18.4. The lowest BCUT2D eigenvalue weighted by Gasteiger charge is -2.13. The lowest BCUT2D eigenvalue weighted by molar-refractivity contribution is 0.402. The van der Waals surface area contributed by atoms with Gasteiger partial charge in [0.25, 0.3) is 10.0 Å². The van der Waals surface area contributed by atoms with Gasteiger partial charge in [-0.25, -0.2) is 8.42 Å². The fourth-order valence-electron chi connectivity index (χ4n) is 2.20. The molecule has 2 N–H and O–H groups in total. The highest BCUT2D eigenvalue weighted by molar-refractivity contribution is 7.92. The molecule has 1 aromatic carbocycles. The molecule has 7 nitrogen and oxygen atoms in total. The Morgan fingerprint density at radius 3 is 2.32 bits per heavy atom. The molecule has 0 fully saturated rings. The average Bonchev–Trinajstić information content (AvgIpc) is 2.58. The zero-order valence-corrected chi connectivity index (χ0v) is 15.8. The van der Waals surface area contributed by atoms with E-state index in [4.69, 9.17) is 4.74 Å². The Hall–Kier alpha value is -2.35. The molecular formula is C17H24N4O3S. The van der Waals surface area contributed by atoms with Crippen LogP contribution in [0, 0.1) is 13.8 Å². The van der Waals surface area contributed by atoms with Gasteiger partial charge in [0.05, 0.1) is 7.11 Å². The second kappa shape index (κ2) is 8.15. The van der Waals surface area contributed by atoms with E-state index in [9.17, 15) is 8.42 Å². The molecule has 0 aliphatic carbocycles. The van der Waals surface area contributed by atoms with Crippen LogP contribution < -0.4 is 14.8 Å². The van der Waals surface area contributed by atoms with Crippen LogP contribution in [0.25, 0.3) is 0 Å². The number of aryl methyl sites for hydroxylation is 2. The van der Waals surface area contributed by atoms with Gasteiger partial charge < -0.3 is 10.1 Å². The summed E-state index contributed by atoms with van der Waals surface area (Å²) < 4.78 is 33.0. The number of aromatic nitrogens is 2. The SMILES string of the molecule is CCCCNc1ccc(NS(=O)(=O)c2cc(C)c(C)cc2OC)nn1. The first kappa shape index (κ1) is 19.0. The molecule has 0 bridgehead atoms. The summed E-state index contributed by atoms with van der Waals surface area (Å²) in [4.78, 5) is 0.0741. The molecule has 2 rings (SSSR count). The maximum atomic E-state index is 12.7. The van der Waals surface area contributed by atoms with Crippen LogP contribution in [0.15, 0.2) is 29.2 Å². The number of rotatable bonds is 8. The van der Waals surface area contributed by atoms with Crippen LogP contribution in [0.1, 0.15) is 30.9 Å². The molecule has 0 unspecified atom stereocenters. The fourth-order valence-corrected chi connectivity index (χ4v) is 3.43. The molecule has 0 spiro atoms. The molecule has 0 atom stereocenters. The average molecular weight is 364 g/mol. The first-order valence-electron chi connectivity index (χ1n) is 8.13. The van der Waals surface area contributed by atoms with Gasteiger partial charge in [0.15, 0.2) is 5.82 Å². The van der Waals surface area contributed by atoms with Crippen molar-refractivity contribution in [1.29, 1.82) is 0 Å². The summed E-state index contributed by atoms with van der Waals surface area (Å²) in [6, 6.07) is 6.56. The Labute approximate surface area is 148 Å². The highest BCUT2D eigenvalue weighted by Gasteiger charge is 2.21. The smallest absolute Gasteiger partial charge is 0.266 e. The maximum absolute atomic E-state index is 12.7. The van der Waals surface area contributed by atoms with Gasteiger partial charge >= 0.3 is 0 Å². The van der Waals surface area contributed by atoms with Crippen molar-refractivity contribution < 1.29 is 13.2 Å². The number of unbranched alkanes of at least 4 members (excludes halogenated alkanes) is 1. The van der Waals surface area contributed by atoms with Gasteiger partial charge in [-0.3, -0.25) is 4.72 Å². The number of sulfonamides is 1. The Morgan fingerprint density at radius 2 is 1.72 bits per heavy atom. The van der Waals surface area contributed by atoms with E-state index in [1.807, 2.05) is 13.8 Å². The molecule has 0 radical (unpaired) electrons. The Bertz CT molecular complexity index is 821. The standard InChI is InChI=1S/C17H24N4O3S/c1-5-6-9-18-16-7-8-17(20-19-16)21-25(22,23)15-11-13(3)12(2)10-14(15)24-4/h7-8,10-11H,5-6,9H2,1-4H3,(H,18,19)(H,20,21). The molecule has 1 heterocycles. The molecule has 0 aliphatic rings. The Balaban J connectivity index is 2.20. The van der Waals surface area contributed by atoms with Crippen LogP contribution in [0.4, 0.5) is 11.6 Å². The highest BCUT2D eigenvalue weighted by atomic mass is 32.2. The van der Waals surface area contributed by atoms with Crippen molar-refractivity contribution in [2.75, 3.05) is 23.7 Å². The number of ether oxygens (including phenoxy) is 1. The van der Waals surface area contributed by atoms with E-state index in [1.54, 1.807) is 24.3 Å². The lowest BCUT2D eigenvalue weighted by atomic mass is 10.1. The monoisotopic (exact) mass is 364 g/mol. The second-order valence-corrected chi connectivity index (χ2v) is 7.43. The van der Waals surface area contributed by atoms with E-state index in [0.29, 0.717) is 11.6 Å². The maximum Gasteiger partial charge on any atom is 0.266 e. The van der Waals surface area contributed by atoms with E-state index >= 15 is 0 Å². The van der Waals surface area contributed by atoms with E-state index < -0.39 is 10.0 Å². The number of nitrogens with zero attached hydrogens (tertiary/aromatic N) is 2. The third-order valence-corrected chi connectivity index (χ3v) is 5.19. The van der Waals surface area contributed by atoms with Crippen LogP contribution in [-0.4, -0.2) is 32.3 Å². The summed E-state index contributed by atoms with van der Waals surface area (Å²) in [7, 11) is -2.38. The molecule has 1 aromatic heterocycles. The van der Waals surface area contributed by atoms with Crippen LogP contribution >= 0.6 is 0 Å². The summed E-state index contributed by atoms with van der Waals surface area (Å²) in [5, 5.41) is 11.0. The van der Waals surface area contributed by atoms with Crippen LogP contribution in [0.2, 0.25) is 0 Å². The number of methoxy groups -OCH3 is 1. The van der Waals surface area contributed by atoms with Crippen molar-refractivity contribution in [2.45, 2.75) is 38.5 Å². The van der Waals surface area contributed by atoms with Crippen molar-refractivity contribution in [3.8, 4) is 5.75 Å². The Morgan fingerprint density at radius 1 is 1.08 bits per heavy atom. The van der Waals surface area contributed by atoms with E-state index in [-0.39, 0.29) is 10.7 Å². The van der Waals surface area contributed by atoms with Crippen LogP contribution in [0.5, 0.6) is 5.75 Å². The van der Waals surface area contributed by atoms with Crippen molar-refractivity contribution in [3.63, 3.8) is 0 Å². The van der Waals surface area contributed by atoms with Crippen LogP contribution in [-0.2, 0) is 10.0 Å². The molecule has 136 valence electrons. The lowest BCUT2D eigenvalue weighted by Crippen LogP contribution is -2.16. The predicted molar refractivity (Wildman–Crippen MR) is 98.7 cm³/mol. The van der Waals surface area contributed by atoms with Crippen molar-refractivity contribution in [3.05, 3.63) is 35.4 Å². The normalized spacial score (nSPS) is 11.2. The van der Waals surface area contributed by atoms with Gasteiger partial charge in [-0.1, -0.05) is 13.3 Å². The molecule has 25 heavy (non-hydrogen) atoms. The quantitative estimate of drug-likeness (QED) is 0.699. The van der Waals surface area contributed by atoms with E-state index in [2.05, 4.69) is 27.2 Å². The summed E-state index contributed by atoms with van der Waals surface area (Å²) in [6.45, 7) is 6.66. The minimum Gasteiger partial charge on any atom is -0.495 e. The number of anilines is 2. The first-order chi connectivity index (χ1) is 11.9. The number of benzene rings is 1. The van der Waals surface area contributed by atoms with Gasteiger partial charge in [0.2, 0.25) is 0 Å². The minimum absolute atomic E-state index is 0.0741.